The molecule has 9 nitrogen and oxygen atoms in total. The Morgan fingerprint density at radius 1 is 1.13 bits per heavy atom. The van der Waals surface area contributed by atoms with Gasteiger partial charge in [0.2, 0.25) is 0 Å². The molecule has 4 atom stereocenters. The maximum absolute atomic E-state index is 6.49. The number of nitrogens with zero attached hydrogens (tertiary/aromatic N) is 5. The minimum Gasteiger partial charge on any atom is -0.383 e. The van der Waals surface area contributed by atoms with E-state index in [9.17, 15) is 0 Å². The molecule has 1 aliphatic heterocycles. The third kappa shape index (κ3) is 4.50. The van der Waals surface area contributed by atoms with E-state index in [4.69, 9.17) is 20.2 Å². The number of aromatic amines is 1. The van der Waals surface area contributed by atoms with Crippen LogP contribution in [0.1, 0.15) is 57.0 Å². The Morgan fingerprint density at radius 3 is 2.79 bits per heavy atom. The van der Waals surface area contributed by atoms with Crippen molar-refractivity contribution in [1.29, 1.82) is 0 Å². The predicted octanol–water partition coefficient (Wildman–Crippen LogP) is 4.62. The Labute approximate surface area is 229 Å². The first-order chi connectivity index (χ1) is 18.7. The third-order valence-electron chi connectivity index (χ3n) is 9.28. The number of hydrogen-bond acceptors (Lipinski definition) is 7. The van der Waals surface area contributed by atoms with E-state index in [0.29, 0.717) is 17.8 Å². The second-order valence-electron chi connectivity index (χ2n) is 12.5. The summed E-state index contributed by atoms with van der Waals surface area (Å²) in [5.74, 6) is 2.20. The molecule has 2 saturated carbocycles. The summed E-state index contributed by atoms with van der Waals surface area (Å²) in [6.45, 7) is 7.17. The number of nitrogens with one attached hydrogen (secondary N) is 1. The second-order valence-corrected chi connectivity index (χ2v) is 12.5. The van der Waals surface area contributed by atoms with Gasteiger partial charge in [-0.1, -0.05) is 6.07 Å². The van der Waals surface area contributed by atoms with Gasteiger partial charge >= 0.3 is 0 Å². The molecule has 206 valence electrons. The van der Waals surface area contributed by atoms with Crippen molar-refractivity contribution in [3.05, 3.63) is 48.2 Å². The average molecular weight is 530 g/mol. The van der Waals surface area contributed by atoms with Crippen molar-refractivity contribution in [1.82, 2.24) is 29.4 Å². The normalized spacial score (nSPS) is 29.9. The summed E-state index contributed by atoms with van der Waals surface area (Å²) in [6.07, 6.45) is 9.39. The molecule has 0 radical (unpaired) electrons. The van der Waals surface area contributed by atoms with Crippen LogP contribution in [0.15, 0.2) is 36.8 Å². The highest BCUT2D eigenvalue weighted by molar-refractivity contribution is 5.86. The smallest absolute Gasteiger partial charge is 0.163 e. The van der Waals surface area contributed by atoms with Gasteiger partial charge in [-0.2, -0.15) is 0 Å². The number of anilines is 1. The zero-order valence-corrected chi connectivity index (χ0v) is 23.3. The quantitative estimate of drug-likeness (QED) is 0.360. The minimum absolute atomic E-state index is 0.00748. The number of fused-ring (bicyclic) bond motifs is 3. The van der Waals surface area contributed by atoms with Crippen LogP contribution < -0.4 is 5.73 Å². The number of rotatable bonds is 7. The van der Waals surface area contributed by atoms with Gasteiger partial charge in [0.05, 0.1) is 28.6 Å². The molecular formula is C30H39N7O2. The monoisotopic (exact) mass is 529 g/mol. The number of benzene rings is 1. The van der Waals surface area contributed by atoms with Crippen LogP contribution in [0.3, 0.4) is 0 Å². The lowest BCUT2D eigenvalue weighted by Crippen LogP contribution is -2.46. The van der Waals surface area contributed by atoms with Gasteiger partial charge in [-0.05, 0) is 83.2 Å². The van der Waals surface area contributed by atoms with Crippen molar-refractivity contribution in [2.24, 2.45) is 11.8 Å². The van der Waals surface area contributed by atoms with Crippen LogP contribution in [0.25, 0.3) is 22.1 Å². The number of hydrogen-bond donors (Lipinski definition) is 2. The Bertz CT molecular complexity index is 1500. The maximum atomic E-state index is 6.49. The molecule has 1 saturated heterocycles. The number of nitrogen functional groups attached to an aromatic ring is 1. The molecule has 3 aromatic heterocycles. The molecule has 3 fully saturated rings. The fraction of sp³-hybridized carbons (Fsp3) is 0.567. The van der Waals surface area contributed by atoms with Gasteiger partial charge in [0, 0.05) is 31.1 Å². The van der Waals surface area contributed by atoms with Gasteiger partial charge in [-0.3, -0.25) is 0 Å². The maximum Gasteiger partial charge on any atom is 0.163 e. The Kier molecular flexibility index (Phi) is 5.95. The number of ether oxygens (including phenoxy) is 2. The van der Waals surface area contributed by atoms with Crippen molar-refractivity contribution in [2.75, 3.05) is 19.3 Å². The van der Waals surface area contributed by atoms with Crippen LogP contribution in [0, 0.1) is 18.8 Å². The largest absolute Gasteiger partial charge is 0.383 e. The van der Waals surface area contributed by atoms with E-state index in [1.54, 1.807) is 6.33 Å². The highest BCUT2D eigenvalue weighted by Gasteiger charge is 2.55. The lowest BCUT2D eigenvalue weighted by Gasteiger charge is -2.42. The summed E-state index contributed by atoms with van der Waals surface area (Å²) in [5.41, 5.74) is 10.5. The van der Waals surface area contributed by atoms with Gasteiger partial charge in [-0.25, -0.2) is 15.0 Å². The molecule has 39 heavy (non-hydrogen) atoms. The summed E-state index contributed by atoms with van der Waals surface area (Å²) < 4.78 is 15.2. The molecule has 0 unspecified atom stereocenters. The number of nitrogens with two attached hydrogens (primary N) is 1. The first kappa shape index (κ1) is 25.0. The predicted molar refractivity (Wildman–Crippen MR) is 151 cm³/mol. The van der Waals surface area contributed by atoms with Crippen LogP contribution in [-0.2, 0) is 15.9 Å². The fourth-order valence-corrected chi connectivity index (χ4v) is 7.21. The molecule has 1 aromatic carbocycles. The third-order valence-corrected chi connectivity index (χ3v) is 9.28. The summed E-state index contributed by atoms with van der Waals surface area (Å²) in [7, 11) is 2.28. The van der Waals surface area contributed by atoms with Crippen molar-refractivity contribution in [2.45, 2.75) is 83.0 Å². The highest BCUT2D eigenvalue weighted by atomic mass is 16.8. The van der Waals surface area contributed by atoms with Gasteiger partial charge in [0.15, 0.2) is 5.79 Å². The standard InChI is InChI=1S/C30H39N7O2/c1-17-5-7-22-23(11-17)35-25(34-22)8-6-18-12-20(13-18)36(4)15-19-14-24(27-26(19)38-30(2,3)39-27)37-10-9-21-28(31)32-16-33-29(21)37/h5,7,9-11,16,18-20,24,26-27H,6,8,12-15H2,1-4H3,(H,34,35)(H2,31,32,33)/t18-,19-,20+,24-,26-,27+/m1/s1. The number of aromatic nitrogens is 5. The molecule has 0 spiro atoms. The topological polar surface area (TPSA) is 107 Å². The molecular weight excluding hydrogens is 490 g/mol. The first-order valence-electron chi connectivity index (χ1n) is 14.3. The Hall–Kier alpha value is -3.01. The lowest BCUT2D eigenvalue weighted by atomic mass is 9.76. The minimum atomic E-state index is -0.585. The lowest BCUT2D eigenvalue weighted by molar-refractivity contribution is -0.161. The zero-order chi connectivity index (χ0) is 26.9. The van der Waals surface area contributed by atoms with E-state index in [0.717, 1.165) is 53.2 Å². The average Bonchev–Trinajstić information content (AvgIpc) is 3.60. The van der Waals surface area contributed by atoms with Crippen LogP contribution in [0.4, 0.5) is 5.82 Å². The Morgan fingerprint density at radius 2 is 1.95 bits per heavy atom. The highest BCUT2D eigenvalue weighted by Crippen LogP contribution is 2.48. The van der Waals surface area contributed by atoms with Crippen molar-refractivity contribution >= 4 is 27.9 Å². The van der Waals surface area contributed by atoms with Gasteiger partial charge in [0.25, 0.3) is 0 Å². The molecule has 2 aliphatic carbocycles. The molecule has 3 aliphatic rings. The van der Waals surface area contributed by atoms with E-state index in [2.05, 4.69) is 62.8 Å². The summed E-state index contributed by atoms with van der Waals surface area (Å²) >= 11 is 0. The summed E-state index contributed by atoms with van der Waals surface area (Å²) in [4.78, 5) is 19.6. The molecule has 4 aromatic rings. The molecule has 3 N–H and O–H groups in total. The fourth-order valence-electron chi connectivity index (χ4n) is 7.21. The molecule has 0 amide bonds. The van der Waals surface area contributed by atoms with E-state index in [1.165, 1.54) is 24.8 Å². The molecule has 9 heteroatoms. The van der Waals surface area contributed by atoms with Gasteiger partial charge in [0.1, 0.15) is 29.7 Å². The summed E-state index contributed by atoms with van der Waals surface area (Å²) in [5, 5.41) is 0.895. The van der Waals surface area contributed by atoms with Crippen LogP contribution in [-0.4, -0.2) is 67.0 Å². The van der Waals surface area contributed by atoms with Crippen molar-refractivity contribution in [3.63, 3.8) is 0 Å². The SMILES string of the molecule is Cc1ccc2[nH]c(CC[C@H]3C[C@@H](N(C)C[C@H]4C[C@@H](n5ccc6c(N)ncnc65)[C@@H]5OC(C)(C)O[C@H]45)C3)nc2c1. The Balaban J connectivity index is 0.983. The van der Waals surface area contributed by atoms with Gasteiger partial charge in [-0.15, -0.1) is 0 Å². The zero-order valence-electron chi connectivity index (χ0n) is 23.3. The van der Waals surface area contributed by atoms with Gasteiger partial charge < -0.3 is 29.7 Å². The molecule has 0 bridgehead atoms. The van der Waals surface area contributed by atoms with E-state index in [-0.39, 0.29) is 18.2 Å². The van der Waals surface area contributed by atoms with E-state index >= 15 is 0 Å². The van der Waals surface area contributed by atoms with Crippen molar-refractivity contribution < 1.29 is 9.47 Å². The molecule has 7 rings (SSSR count). The second kappa shape index (κ2) is 9.28. The number of aryl methyl sites for hydroxylation is 2. The van der Waals surface area contributed by atoms with Crippen LogP contribution in [0.5, 0.6) is 0 Å². The van der Waals surface area contributed by atoms with E-state index in [1.807, 2.05) is 19.9 Å². The molecule has 4 heterocycles. The number of H-pyrrole nitrogens is 1. The van der Waals surface area contributed by atoms with E-state index < -0.39 is 5.79 Å². The number of imidazole rings is 1. The summed E-state index contributed by atoms with van der Waals surface area (Å²) in [6, 6.07) is 9.23. The first-order valence-corrected chi connectivity index (χ1v) is 14.3. The van der Waals surface area contributed by atoms with Crippen molar-refractivity contribution in [3.8, 4) is 0 Å². The van der Waals surface area contributed by atoms with Crippen LogP contribution in [0.2, 0.25) is 0 Å². The van der Waals surface area contributed by atoms with Crippen LogP contribution >= 0.6 is 0 Å².